The van der Waals surface area contributed by atoms with E-state index in [9.17, 15) is 0 Å². The van der Waals surface area contributed by atoms with E-state index in [1.165, 1.54) is 5.56 Å². The van der Waals surface area contributed by atoms with E-state index in [0.29, 0.717) is 5.92 Å². The van der Waals surface area contributed by atoms with Gasteiger partial charge in [-0.1, -0.05) is 13.8 Å². The lowest BCUT2D eigenvalue weighted by Gasteiger charge is -2.04. The summed E-state index contributed by atoms with van der Waals surface area (Å²) in [7, 11) is 0. The molecule has 1 nitrogen and oxygen atoms in total. The molecule has 0 radical (unpaired) electrons. The summed E-state index contributed by atoms with van der Waals surface area (Å²) in [5.74, 6) is 0.601. The van der Waals surface area contributed by atoms with Gasteiger partial charge in [-0.05, 0) is 29.9 Å². The molecule has 2 heteroatoms. The largest absolute Gasteiger partial charge is 0.250 e. The molecule has 0 aliphatic carbocycles. The average molecular weight is 167 g/mol. The van der Waals surface area contributed by atoms with Gasteiger partial charge in [-0.2, -0.15) is 0 Å². The van der Waals surface area contributed by atoms with Crippen molar-refractivity contribution in [2.75, 3.05) is 6.26 Å². The molecule has 60 valence electrons. The van der Waals surface area contributed by atoms with Gasteiger partial charge in [0.25, 0.3) is 0 Å². The fourth-order valence-electron chi connectivity index (χ4n) is 0.896. The highest BCUT2D eigenvalue weighted by Crippen LogP contribution is 2.18. The normalized spacial score (nSPS) is 10.5. The first kappa shape index (κ1) is 8.60. The second-order valence-electron chi connectivity index (χ2n) is 2.79. The Morgan fingerprint density at radius 2 is 2.18 bits per heavy atom. The number of rotatable bonds is 2. The Hall–Kier alpha value is -0.500. The Kier molecular flexibility index (Phi) is 2.94. The molecule has 0 saturated carbocycles. The van der Waals surface area contributed by atoms with Gasteiger partial charge in [0, 0.05) is 6.20 Å². The van der Waals surface area contributed by atoms with E-state index < -0.39 is 0 Å². The Labute approximate surface area is 72.2 Å². The van der Waals surface area contributed by atoms with Gasteiger partial charge >= 0.3 is 0 Å². The minimum atomic E-state index is 0.601. The van der Waals surface area contributed by atoms with Crippen molar-refractivity contribution < 1.29 is 0 Å². The van der Waals surface area contributed by atoms with Crippen LogP contribution in [0.5, 0.6) is 0 Å². The lowest BCUT2D eigenvalue weighted by Crippen LogP contribution is -1.88. The molecule has 0 aromatic carbocycles. The van der Waals surface area contributed by atoms with Gasteiger partial charge in [0.05, 0.1) is 5.03 Å². The Balaban J connectivity index is 2.91. The summed E-state index contributed by atoms with van der Waals surface area (Å²) in [4.78, 5) is 4.20. The second kappa shape index (κ2) is 3.77. The topological polar surface area (TPSA) is 12.9 Å². The van der Waals surface area contributed by atoms with Crippen molar-refractivity contribution in [2.45, 2.75) is 24.8 Å². The van der Waals surface area contributed by atoms with Crippen LogP contribution < -0.4 is 0 Å². The van der Waals surface area contributed by atoms with E-state index in [1.807, 2.05) is 12.5 Å². The van der Waals surface area contributed by atoms with Crippen LogP contribution in [0.2, 0.25) is 0 Å². The molecule has 0 aliphatic rings. The fourth-order valence-corrected chi connectivity index (χ4v) is 1.32. The Morgan fingerprint density at radius 1 is 1.45 bits per heavy atom. The van der Waals surface area contributed by atoms with Crippen LogP contribution in [0.1, 0.15) is 25.3 Å². The molecule has 1 aromatic rings. The molecule has 0 aliphatic heterocycles. The summed E-state index contributed by atoms with van der Waals surface area (Å²) in [6.07, 6.45) is 3.92. The molecule has 0 spiro atoms. The molecule has 0 fully saturated rings. The highest BCUT2D eigenvalue weighted by Gasteiger charge is 1.99. The van der Waals surface area contributed by atoms with Crippen LogP contribution in [0.15, 0.2) is 23.4 Å². The molecule has 1 aromatic heterocycles. The summed E-state index contributed by atoms with van der Waals surface area (Å²) in [6.45, 7) is 4.39. The summed E-state index contributed by atoms with van der Waals surface area (Å²) in [5, 5.41) is 1.11. The van der Waals surface area contributed by atoms with E-state index in [-0.39, 0.29) is 0 Å². The standard InChI is InChI=1S/C9H13NS/c1-7(2)8-4-5-10-9(6-8)11-3/h4-7H,1-3H3. The van der Waals surface area contributed by atoms with Gasteiger partial charge < -0.3 is 0 Å². The van der Waals surface area contributed by atoms with Crippen LogP contribution in [0.25, 0.3) is 0 Å². The third kappa shape index (κ3) is 2.22. The average Bonchev–Trinajstić information content (AvgIpc) is 2.05. The molecule has 1 heterocycles. The van der Waals surface area contributed by atoms with Crippen molar-refractivity contribution in [3.63, 3.8) is 0 Å². The number of thioether (sulfide) groups is 1. The van der Waals surface area contributed by atoms with Gasteiger partial charge in [0.1, 0.15) is 0 Å². The van der Waals surface area contributed by atoms with Crippen molar-refractivity contribution in [1.29, 1.82) is 0 Å². The molecule has 11 heavy (non-hydrogen) atoms. The third-order valence-electron chi connectivity index (χ3n) is 1.63. The molecular weight excluding hydrogens is 154 g/mol. The fraction of sp³-hybridized carbons (Fsp3) is 0.444. The molecule has 0 bridgehead atoms. The van der Waals surface area contributed by atoms with Gasteiger partial charge in [-0.25, -0.2) is 4.98 Å². The van der Waals surface area contributed by atoms with Crippen LogP contribution in [-0.4, -0.2) is 11.2 Å². The maximum atomic E-state index is 4.20. The number of hydrogen-bond donors (Lipinski definition) is 0. The highest BCUT2D eigenvalue weighted by atomic mass is 32.2. The Morgan fingerprint density at radius 3 is 2.73 bits per heavy atom. The summed E-state index contributed by atoms with van der Waals surface area (Å²) >= 11 is 1.69. The summed E-state index contributed by atoms with van der Waals surface area (Å²) in [6, 6.07) is 4.22. The SMILES string of the molecule is CSc1cc(C(C)C)ccn1. The monoisotopic (exact) mass is 167 g/mol. The molecule has 0 unspecified atom stereocenters. The predicted molar refractivity (Wildman–Crippen MR) is 50.1 cm³/mol. The van der Waals surface area contributed by atoms with Crippen LogP contribution >= 0.6 is 11.8 Å². The first-order chi connectivity index (χ1) is 5.24. The smallest absolute Gasteiger partial charge is 0.0959 e. The molecule has 0 N–H and O–H groups in total. The number of aromatic nitrogens is 1. The van der Waals surface area contributed by atoms with Gasteiger partial charge in [0.2, 0.25) is 0 Å². The van der Waals surface area contributed by atoms with E-state index in [0.717, 1.165) is 5.03 Å². The molecular formula is C9H13NS. The highest BCUT2D eigenvalue weighted by molar-refractivity contribution is 7.98. The third-order valence-corrected chi connectivity index (χ3v) is 2.28. The zero-order valence-corrected chi connectivity index (χ0v) is 7.98. The molecule has 0 amide bonds. The van der Waals surface area contributed by atoms with E-state index in [1.54, 1.807) is 11.8 Å². The molecule has 0 saturated heterocycles. The Bertz CT molecular complexity index is 233. The summed E-state index contributed by atoms with van der Waals surface area (Å²) in [5.41, 5.74) is 1.37. The van der Waals surface area contributed by atoms with Crippen LogP contribution in [0.3, 0.4) is 0 Å². The van der Waals surface area contributed by atoms with Crippen LogP contribution in [0, 0.1) is 0 Å². The number of nitrogens with zero attached hydrogens (tertiary/aromatic N) is 1. The van der Waals surface area contributed by atoms with Gasteiger partial charge in [-0.15, -0.1) is 11.8 Å². The maximum absolute atomic E-state index is 4.20. The summed E-state index contributed by atoms with van der Waals surface area (Å²) < 4.78 is 0. The van der Waals surface area contributed by atoms with Crippen molar-refractivity contribution in [3.8, 4) is 0 Å². The minimum absolute atomic E-state index is 0.601. The number of pyridine rings is 1. The predicted octanol–water partition coefficient (Wildman–Crippen LogP) is 2.93. The first-order valence-corrected chi connectivity index (χ1v) is 4.96. The maximum Gasteiger partial charge on any atom is 0.0959 e. The zero-order chi connectivity index (χ0) is 8.27. The quantitative estimate of drug-likeness (QED) is 0.628. The van der Waals surface area contributed by atoms with Crippen LogP contribution in [0.4, 0.5) is 0 Å². The lowest BCUT2D eigenvalue weighted by atomic mass is 10.1. The van der Waals surface area contributed by atoms with Crippen molar-refractivity contribution in [3.05, 3.63) is 23.9 Å². The van der Waals surface area contributed by atoms with E-state index >= 15 is 0 Å². The van der Waals surface area contributed by atoms with E-state index in [4.69, 9.17) is 0 Å². The lowest BCUT2D eigenvalue weighted by molar-refractivity contribution is 0.853. The minimum Gasteiger partial charge on any atom is -0.250 e. The van der Waals surface area contributed by atoms with Crippen molar-refractivity contribution >= 4 is 11.8 Å². The molecule has 1 rings (SSSR count). The van der Waals surface area contributed by atoms with Crippen LogP contribution in [-0.2, 0) is 0 Å². The molecule has 0 atom stereocenters. The zero-order valence-electron chi connectivity index (χ0n) is 7.16. The van der Waals surface area contributed by atoms with Crippen molar-refractivity contribution in [2.24, 2.45) is 0 Å². The van der Waals surface area contributed by atoms with Gasteiger partial charge in [0.15, 0.2) is 0 Å². The second-order valence-corrected chi connectivity index (χ2v) is 3.61. The van der Waals surface area contributed by atoms with Crippen molar-refractivity contribution in [1.82, 2.24) is 4.98 Å². The first-order valence-electron chi connectivity index (χ1n) is 3.74. The number of hydrogen-bond acceptors (Lipinski definition) is 2. The van der Waals surface area contributed by atoms with Gasteiger partial charge in [-0.3, -0.25) is 0 Å². The van der Waals surface area contributed by atoms with E-state index in [2.05, 4.69) is 31.0 Å².